The maximum atomic E-state index is 13.4. The van der Waals surface area contributed by atoms with Crippen LogP contribution in [0.25, 0.3) is 6.08 Å². The van der Waals surface area contributed by atoms with Crippen molar-refractivity contribution >= 4 is 80.4 Å². The number of hydrogen-bond acceptors (Lipinski definition) is 5. The van der Waals surface area contributed by atoms with Crippen LogP contribution in [0.4, 0.5) is 5.69 Å². The van der Waals surface area contributed by atoms with Crippen LogP contribution in [0.3, 0.4) is 0 Å². The molecule has 38 heavy (non-hydrogen) atoms. The Labute approximate surface area is 251 Å². The zero-order valence-electron chi connectivity index (χ0n) is 21.2. The number of aliphatic imine (C=N–C) groups is 1. The summed E-state index contributed by atoms with van der Waals surface area (Å²) in [7, 11) is 0. The number of carbonyl (C=O) groups excluding carboxylic acids is 1. The van der Waals surface area contributed by atoms with Crippen LogP contribution in [-0.2, 0) is 11.4 Å². The van der Waals surface area contributed by atoms with E-state index in [1.807, 2.05) is 61.5 Å². The Bertz CT molecular complexity index is 1380. The normalized spacial score (nSPS) is 15.7. The number of nitrogens with zero attached hydrogens (tertiary/aromatic N) is 2. The van der Waals surface area contributed by atoms with Crippen LogP contribution in [0.5, 0.6) is 11.5 Å². The fraction of sp³-hybridized carbons (Fsp3) is 0.241. The van der Waals surface area contributed by atoms with Gasteiger partial charge in [0.15, 0.2) is 16.7 Å². The number of carbonyl (C=O) groups is 1. The van der Waals surface area contributed by atoms with E-state index in [1.54, 1.807) is 17.0 Å². The first-order valence-electron chi connectivity index (χ1n) is 12.1. The van der Waals surface area contributed by atoms with E-state index in [0.29, 0.717) is 51.4 Å². The second kappa shape index (κ2) is 13.2. The number of rotatable bonds is 9. The molecule has 1 amide bonds. The Hall–Kier alpha value is -2.20. The average Bonchev–Trinajstić information content (AvgIpc) is 3.14. The number of thioether (sulfide) groups is 1. The number of amides is 1. The van der Waals surface area contributed by atoms with Gasteiger partial charge >= 0.3 is 0 Å². The highest BCUT2D eigenvalue weighted by Crippen LogP contribution is 2.39. The highest BCUT2D eigenvalue weighted by molar-refractivity contribution is 14.1. The quantitative estimate of drug-likeness (QED) is 0.167. The number of halogens is 3. The van der Waals surface area contributed by atoms with Crippen LogP contribution < -0.4 is 9.47 Å². The van der Waals surface area contributed by atoms with Crippen LogP contribution >= 0.6 is 57.6 Å². The fourth-order valence-electron chi connectivity index (χ4n) is 3.73. The molecule has 1 fully saturated rings. The Morgan fingerprint density at radius 3 is 2.50 bits per heavy atom. The van der Waals surface area contributed by atoms with Gasteiger partial charge < -0.3 is 9.47 Å². The lowest BCUT2D eigenvalue weighted by Gasteiger charge is -2.17. The summed E-state index contributed by atoms with van der Waals surface area (Å²) in [5, 5.41) is 1.94. The van der Waals surface area contributed by atoms with Gasteiger partial charge in [0.05, 0.1) is 20.8 Å². The van der Waals surface area contributed by atoms with Gasteiger partial charge in [-0.25, -0.2) is 4.99 Å². The van der Waals surface area contributed by atoms with Crippen LogP contribution in [0.15, 0.2) is 70.6 Å². The molecule has 1 saturated heterocycles. The maximum absolute atomic E-state index is 13.4. The van der Waals surface area contributed by atoms with Crippen LogP contribution in [0.2, 0.25) is 10.0 Å². The lowest BCUT2D eigenvalue weighted by Crippen LogP contribution is -2.32. The van der Waals surface area contributed by atoms with E-state index in [2.05, 4.69) is 36.4 Å². The smallest absolute Gasteiger partial charge is 0.266 e. The molecule has 3 aromatic rings. The number of benzene rings is 3. The minimum Gasteiger partial charge on any atom is -0.490 e. The van der Waals surface area contributed by atoms with Crippen molar-refractivity contribution in [2.75, 3.05) is 13.2 Å². The Kier molecular flexibility index (Phi) is 10.0. The van der Waals surface area contributed by atoms with Gasteiger partial charge in [-0.3, -0.25) is 9.69 Å². The zero-order chi connectivity index (χ0) is 27.2. The first kappa shape index (κ1) is 28.8. The average molecular weight is 681 g/mol. The standard InChI is InChI=1S/C29H27Cl2IN2O3S/c1-4-36-25-14-19(13-24(32)27(25)37-17-20-7-5-6-8-23(20)31)15-26-28(35)34(16-18(2)3)29(38-26)33-22-11-9-21(30)10-12-22/h5-15,18H,4,16-17H2,1-3H3/b26-15-,33-29?. The summed E-state index contributed by atoms with van der Waals surface area (Å²) in [6.45, 7) is 7.46. The number of hydrogen-bond donors (Lipinski definition) is 0. The van der Waals surface area contributed by atoms with E-state index in [0.717, 1.165) is 20.4 Å². The van der Waals surface area contributed by atoms with E-state index in [-0.39, 0.29) is 11.8 Å². The van der Waals surface area contributed by atoms with Gasteiger partial charge in [-0.05, 0) is 101 Å². The molecule has 0 unspecified atom stereocenters. The molecular weight excluding hydrogens is 654 g/mol. The molecule has 0 radical (unpaired) electrons. The molecule has 1 heterocycles. The third-order valence-corrected chi connectivity index (χ3v) is 7.88. The van der Waals surface area contributed by atoms with E-state index in [4.69, 9.17) is 37.7 Å². The van der Waals surface area contributed by atoms with Gasteiger partial charge in [0, 0.05) is 22.2 Å². The van der Waals surface area contributed by atoms with Gasteiger partial charge in [0.25, 0.3) is 5.91 Å². The van der Waals surface area contributed by atoms with E-state index < -0.39 is 0 Å². The molecule has 9 heteroatoms. The topological polar surface area (TPSA) is 51.1 Å². The summed E-state index contributed by atoms with van der Waals surface area (Å²) in [4.78, 5) is 20.5. The molecule has 0 aliphatic carbocycles. The third-order valence-electron chi connectivity index (χ3n) is 5.45. The molecular formula is C29H27Cl2IN2O3S. The Balaban J connectivity index is 1.64. The molecule has 0 atom stereocenters. The lowest BCUT2D eigenvalue weighted by atomic mass is 10.1. The minimum atomic E-state index is -0.0663. The molecule has 0 spiro atoms. The fourth-order valence-corrected chi connectivity index (χ4v) is 5.84. The minimum absolute atomic E-state index is 0.0663. The SMILES string of the molecule is CCOc1cc(/C=C2\SC(=Nc3ccc(Cl)cc3)N(CC(C)C)C2=O)cc(I)c1OCc1ccccc1Cl. The summed E-state index contributed by atoms with van der Waals surface area (Å²) in [5.74, 6) is 1.48. The summed E-state index contributed by atoms with van der Waals surface area (Å²) < 4.78 is 12.9. The zero-order valence-corrected chi connectivity index (χ0v) is 25.7. The van der Waals surface area contributed by atoms with E-state index >= 15 is 0 Å². The molecule has 5 nitrogen and oxygen atoms in total. The highest BCUT2D eigenvalue weighted by Gasteiger charge is 2.34. The molecule has 0 saturated carbocycles. The summed E-state index contributed by atoms with van der Waals surface area (Å²) in [6, 6.07) is 18.7. The molecule has 1 aliphatic rings. The molecule has 0 bridgehead atoms. The first-order chi connectivity index (χ1) is 18.2. The van der Waals surface area contributed by atoms with E-state index in [9.17, 15) is 4.79 Å². The highest BCUT2D eigenvalue weighted by atomic mass is 127. The van der Waals surface area contributed by atoms with E-state index in [1.165, 1.54) is 11.8 Å². The van der Waals surface area contributed by atoms with Crippen molar-refractivity contribution in [1.82, 2.24) is 4.90 Å². The number of ether oxygens (including phenoxy) is 2. The van der Waals surface area contributed by atoms with Gasteiger partial charge in [-0.15, -0.1) is 0 Å². The van der Waals surface area contributed by atoms with Crippen molar-refractivity contribution in [1.29, 1.82) is 0 Å². The van der Waals surface area contributed by atoms with Crippen LogP contribution in [0, 0.1) is 9.49 Å². The van der Waals surface area contributed by atoms with Gasteiger partial charge in [0.1, 0.15) is 6.61 Å². The van der Waals surface area contributed by atoms with Gasteiger partial charge in [0.2, 0.25) is 0 Å². The predicted octanol–water partition coefficient (Wildman–Crippen LogP) is 8.84. The monoisotopic (exact) mass is 680 g/mol. The number of amidine groups is 1. The largest absolute Gasteiger partial charge is 0.490 e. The second-order valence-electron chi connectivity index (χ2n) is 8.93. The third kappa shape index (κ3) is 7.25. The van der Waals surface area contributed by atoms with Crippen molar-refractivity contribution in [3.63, 3.8) is 0 Å². The van der Waals surface area contributed by atoms with Crippen LogP contribution in [0.1, 0.15) is 31.9 Å². The molecule has 4 rings (SSSR count). The van der Waals surface area contributed by atoms with Crippen molar-refractivity contribution in [2.45, 2.75) is 27.4 Å². The summed E-state index contributed by atoms with van der Waals surface area (Å²) in [6.07, 6.45) is 1.88. The predicted molar refractivity (Wildman–Crippen MR) is 167 cm³/mol. The molecule has 0 aromatic heterocycles. The van der Waals surface area contributed by atoms with Gasteiger partial charge in [-0.2, -0.15) is 0 Å². The molecule has 3 aromatic carbocycles. The summed E-state index contributed by atoms with van der Waals surface area (Å²) >= 11 is 15.9. The van der Waals surface area contributed by atoms with Crippen molar-refractivity contribution < 1.29 is 14.3 Å². The maximum Gasteiger partial charge on any atom is 0.266 e. The second-order valence-corrected chi connectivity index (χ2v) is 11.9. The van der Waals surface area contributed by atoms with Crippen molar-refractivity contribution in [2.24, 2.45) is 10.9 Å². The molecule has 198 valence electrons. The Morgan fingerprint density at radius 1 is 1.08 bits per heavy atom. The van der Waals surface area contributed by atoms with Crippen molar-refractivity contribution in [3.8, 4) is 11.5 Å². The van der Waals surface area contributed by atoms with Gasteiger partial charge in [-0.1, -0.05) is 55.2 Å². The molecule has 1 aliphatic heterocycles. The first-order valence-corrected chi connectivity index (χ1v) is 14.8. The summed E-state index contributed by atoms with van der Waals surface area (Å²) in [5.41, 5.74) is 2.48. The van der Waals surface area contributed by atoms with Crippen LogP contribution in [-0.4, -0.2) is 29.1 Å². The molecule has 0 N–H and O–H groups in total. The van der Waals surface area contributed by atoms with Crippen molar-refractivity contribution in [3.05, 3.63) is 90.3 Å². The Morgan fingerprint density at radius 2 is 1.82 bits per heavy atom. The lowest BCUT2D eigenvalue weighted by molar-refractivity contribution is -0.122.